The van der Waals surface area contributed by atoms with Crippen molar-refractivity contribution >= 4 is 17.3 Å². The number of hydrogen-bond donors (Lipinski definition) is 0. The Bertz CT molecular complexity index is 499. The van der Waals surface area contributed by atoms with Crippen LogP contribution in [0.2, 0.25) is 0 Å². The molecule has 0 saturated carbocycles. The second-order valence-electron chi connectivity index (χ2n) is 4.62. The quantitative estimate of drug-likeness (QED) is 0.610. The van der Waals surface area contributed by atoms with Crippen molar-refractivity contribution in [2.24, 2.45) is 5.92 Å². The first kappa shape index (κ1) is 12.5. The number of non-ortho nitro benzene ring substituents is 1. The van der Waals surface area contributed by atoms with Gasteiger partial charge >= 0.3 is 0 Å². The highest BCUT2D eigenvalue weighted by Gasteiger charge is 2.28. The van der Waals surface area contributed by atoms with Gasteiger partial charge in [0.05, 0.1) is 10.6 Å². The van der Waals surface area contributed by atoms with E-state index in [9.17, 15) is 14.9 Å². The minimum Gasteiger partial charge on any atom is -0.311 e. The van der Waals surface area contributed by atoms with Crippen LogP contribution in [0.1, 0.15) is 25.8 Å². The summed E-state index contributed by atoms with van der Waals surface area (Å²) in [6, 6.07) is 4.75. The Morgan fingerprint density at radius 1 is 1.56 bits per heavy atom. The van der Waals surface area contributed by atoms with Gasteiger partial charge in [-0.2, -0.15) is 0 Å². The number of carbonyl (C=O) groups is 1. The lowest BCUT2D eigenvalue weighted by molar-refractivity contribution is -0.384. The van der Waals surface area contributed by atoms with Crippen molar-refractivity contribution in [2.45, 2.75) is 26.7 Å². The largest absolute Gasteiger partial charge is 0.311 e. The number of nitrogens with zero attached hydrogens (tertiary/aromatic N) is 2. The predicted octanol–water partition coefficient (Wildman–Crippen LogP) is 2.53. The first-order valence-corrected chi connectivity index (χ1v) is 6.13. The van der Waals surface area contributed by atoms with E-state index in [-0.39, 0.29) is 17.5 Å². The number of fused-ring (bicyclic) bond motifs is 1. The fourth-order valence-corrected chi connectivity index (χ4v) is 2.15. The molecule has 5 heteroatoms. The van der Waals surface area contributed by atoms with Gasteiger partial charge in [-0.15, -0.1) is 0 Å². The molecule has 0 spiro atoms. The van der Waals surface area contributed by atoms with Gasteiger partial charge < -0.3 is 4.90 Å². The molecule has 0 N–H and O–H groups in total. The fourth-order valence-electron chi connectivity index (χ4n) is 2.15. The third-order valence-electron chi connectivity index (χ3n) is 3.48. The Morgan fingerprint density at radius 2 is 2.28 bits per heavy atom. The number of nitro benzene ring substituents is 1. The molecular weight excluding hydrogens is 232 g/mol. The Kier molecular flexibility index (Phi) is 3.32. The van der Waals surface area contributed by atoms with Gasteiger partial charge in [0.25, 0.3) is 5.69 Å². The van der Waals surface area contributed by atoms with E-state index in [2.05, 4.69) is 0 Å². The zero-order chi connectivity index (χ0) is 13.3. The van der Waals surface area contributed by atoms with Crippen molar-refractivity contribution in [3.05, 3.63) is 33.9 Å². The van der Waals surface area contributed by atoms with Gasteiger partial charge in [0.2, 0.25) is 5.91 Å². The van der Waals surface area contributed by atoms with E-state index in [1.165, 1.54) is 12.1 Å². The number of nitro groups is 1. The maximum atomic E-state index is 12.2. The summed E-state index contributed by atoms with van der Waals surface area (Å²) in [7, 11) is 0. The molecule has 0 saturated heterocycles. The van der Waals surface area contributed by atoms with E-state index in [1.807, 2.05) is 13.8 Å². The summed E-state index contributed by atoms with van der Waals surface area (Å²) >= 11 is 0. The normalized spacial score (nSPS) is 15.3. The average Bonchev–Trinajstić information content (AvgIpc) is 2.79. The van der Waals surface area contributed by atoms with Crippen molar-refractivity contribution in [2.75, 3.05) is 11.4 Å². The van der Waals surface area contributed by atoms with Crippen LogP contribution in [0.25, 0.3) is 0 Å². The van der Waals surface area contributed by atoms with Crippen molar-refractivity contribution in [3.8, 4) is 0 Å². The van der Waals surface area contributed by atoms with Crippen molar-refractivity contribution < 1.29 is 9.72 Å². The molecule has 2 rings (SSSR count). The fraction of sp³-hybridized carbons (Fsp3) is 0.462. The third kappa shape index (κ3) is 2.08. The molecule has 1 aliphatic heterocycles. The summed E-state index contributed by atoms with van der Waals surface area (Å²) < 4.78 is 0. The van der Waals surface area contributed by atoms with Crippen LogP contribution in [0.15, 0.2) is 18.2 Å². The zero-order valence-corrected chi connectivity index (χ0v) is 10.5. The summed E-state index contributed by atoms with van der Waals surface area (Å²) in [5.74, 6) is 0.00644. The summed E-state index contributed by atoms with van der Waals surface area (Å²) in [6.45, 7) is 4.48. The molecule has 1 aliphatic rings. The van der Waals surface area contributed by atoms with Crippen molar-refractivity contribution in [1.82, 2.24) is 0 Å². The minimum atomic E-state index is -0.426. The average molecular weight is 248 g/mol. The summed E-state index contributed by atoms with van der Waals surface area (Å²) in [5.41, 5.74) is 1.75. The molecular formula is C13H16N2O3. The Labute approximate surface area is 106 Å². The maximum Gasteiger partial charge on any atom is 0.271 e. The monoisotopic (exact) mass is 248 g/mol. The molecule has 0 fully saturated rings. The molecule has 1 aromatic carbocycles. The summed E-state index contributed by atoms with van der Waals surface area (Å²) in [5, 5.41) is 10.8. The number of anilines is 1. The number of amides is 1. The van der Waals surface area contributed by atoms with Crippen LogP contribution in [0.5, 0.6) is 0 Å². The van der Waals surface area contributed by atoms with Crippen LogP contribution >= 0.6 is 0 Å². The molecule has 1 heterocycles. The molecule has 1 unspecified atom stereocenters. The number of benzene rings is 1. The van der Waals surface area contributed by atoms with Crippen molar-refractivity contribution in [1.29, 1.82) is 0 Å². The molecule has 18 heavy (non-hydrogen) atoms. The Balaban J connectivity index is 2.34. The highest BCUT2D eigenvalue weighted by molar-refractivity contribution is 5.97. The van der Waals surface area contributed by atoms with E-state index in [0.717, 1.165) is 18.4 Å². The first-order chi connectivity index (χ1) is 8.54. The highest BCUT2D eigenvalue weighted by atomic mass is 16.6. The molecule has 1 atom stereocenters. The van der Waals surface area contributed by atoms with Gasteiger partial charge in [-0.25, -0.2) is 0 Å². The van der Waals surface area contributed by atoms with E-state index in [0.29, 0.717) is 12.2 Å². The highest BCUT2D eigenvalue weighted by Crippen LogP contribution is 2.32. The van der Waals surface area contributed by atoms with Gasteiger partial charge in [-0.1, -0.05) is 19.9 Å². The second kappa shape index (κ2) is 4.76. The second-order valence-corrected chi connectivity index (χ2v) is 4.62. The molecule has 96 valence electrons. The van der Waals surface area contributed by atoms with Crippen LogP contribution in [-0.2, 0) is 11.2 Å². The van der Waals surface area contributed by atoms with Gasteiger partial charge in [-0.05, 0) is 18.4 Å². The van der Waals surface area contributed by atoms with Crippen LogP contribution in [0.3, 0.4) is 0 Å². The molecule has 1 amide bonds. The van der Waals surface area contributed by atoms with E-state index < -0.39 is 4.92 Å². The molecule has 0 radical (unpaired) electrons. The lowest BCUT2D eigenvalue weighted by Gasteiger charge is -2.20. The van der Waals surface area contributed by atoms with Crippen LogP contribution in [0, 0.1) is 16.0 Å². The zero-order valence-electron chi connectivity index (χ0n) is 10.5. The number of hydrogen-bond acceptors (Lipinski definition) is 3. The lowest BCUT2D eigenvalue weighted by Crippen LogP contribution is -2.33. The van der Waals surface area contributed by atoms with E-state index >= 15 is 0 Å². The van der Waals surface area contributed by atoms with Gasteiger partial charge in [-0.3, -0.25) is 14.9 Å². The van der Waals surface area contributed by atoms with Crippen LogP contribution in [0.4, 0.5) is 11.4 Å². The lowest BCUT2D eigenvalue weighted by atomic mass is 10.1. The van der Waals surface area contributed by atoms with Gasteiger partial charge in [0.15, 0.2) is 0 Å². The third-order valence-corrected chi connectivity index (χ3v) is 3.48. The molecule has 5 nitrogen and oxygen atoms in total. The standard InChI is InChI=1S/C13H16N2O3/c1-3-9(2)13(16)14-7-6-10-4-5-11(15(17)18)8-12(10)14/h4-5,8-9H,3,6-7H2,1-2H3. The summed E-state index contributed by atoms with van der Waals surface area (Å²) in [4.78, 5) is 24.2. The summed E-state index contributed by atoms with van der Waals surface area (Å²) in [6.07, 6.45) is 1.55. The number of rotatable bonds is 3. The van der Waals surface area contributed by atoms with Crippen LogP contribution < -0.4 is 4.90 Å². The Morgan fingerprint density at radius 3 is 2.89 bits per heavy atom. The van der Waals surface area contributed by atoms with E-state index in [1.54, 1.807) is 11.0 Å². The molecule has 0 aromatic heterocycles. The van der Waals surface area contributed by atoms with E-state index in [4.69, 9.17) is 0 Å². The maximum absolute atomic E-state index is 12.2. The van der Waals surface area contributed by atoms with Gasteiger partial charge in [0.1, 0.15) is 0 Å². The smallest absolute Gasteiger partial charge is 0.271 e. The number of carbonyl (C=O) groups excluding carboxylic acids is 1. The first-order valence-electron chi connectivity index (χ1n) is 6.13. The minimum absolute atomic E-state index is 0.0394. The Hall–Kier alpha value is -1.91. The van der Waals surface area contributed by atoms with Gasteiger partial charge in [0, 0.05) is 24.6 Å². The topological polar surface area (TPSA) is 63.5 Å². The molecule has 0 bridgehead atoms. The van der Waals surface area contributed by atoms with Crippen LogP contribution in [-0.4, -0.2) is 17.4 Å². The predicted molar refractivity (Wildman–Crippen MR) is 68.6 cm³/mol. The van der Waals surface area contributed by atoms with Crippen molar-refractivity contribution in [3.63, 3.8) is 0 Å². The molecule has 0 aliphatic carbocycles. The molecule has 1 aromatic rings. The SMILES string of the molecule is CCC(C)C(=O)N1CCc2ccc([N+](=O)[O-])cc21.